The first-order valence-electron chi connectivity index (χ1n) is 8.23. The molecule has 1 amide bonds. The molecule has 4 rings (SSSR count). The summed E-state index contributed by atoms with van der Waals surface area (Å²) in [6, 6.07) is 10.4. The van der Waals surface area contributed by atoms with Crippen LogP contribution in [0.25, 0.3) is 10.9 Å². The van der Waals surface area contributed by atoms with Gasteiger partial charge in [-0.2, -0.15) is 4.68 Å². The number of benzene rings is 1. The Balaban J connectivity index is 1.53. The third-order valence-electron chi connectivity index (χ3n) is 4.04. The van der Waals surface area contributed by atoms with Crippen LogP contribution in [0.15, 0.2) is 62.2 Å². The van der Waals surface area contributed by atoms with Gasteiger partial charge in [0.25, 0.3) is 5.91 Å². The van der Waals surface area contributed by atoms with Gasteiger partial charge in [0.2, 0.25) is 0 Å². The van der Waals surface area contributed by atoms with E-state index in [0.29, 0.717) is 17.0 Å². The maximum Gasteiger partial charge on any atom is 0.404 e. The molecule has 146 valence electrons. The molecule has 1 aromatic carbocycles. The van der Waals surface area contributed by atoms with Gasteiger partial charge >= 0.3 is 5.82 Å². The smallest absolute Gasteiger partial charge is 0.404 e. The van der Waals surface area contributed by atoms with Crippen LogP contribution in [-0.4, -0.2) is 25.6 Å². The lowest BCUT2D eigenvalue weighted by Crippen LogP contribution is -2.11. The summed E-state index contributed by atoms with van der Waals surface area (Å²) in [5.74, 6) is -0.186. The van der Waals surface area contributed by atoms with Gasteiger partial charge in [-0.1, -0.05) is 22.0 Å². The molecule has 4 aromatic rings. The molecule has 0 radical (unpaired) electrons. The van der Waals surface area contributed by atoms with Gasteiger partial charge in [0, 0.05) is 16.1 Å². The Hall–Kier alpha value is -3.05. The summed E-state index contributed by atoms with van der Waals surface area (Å²) < 4.78 is 8.07. The predicted molar refractivity (Wildman–Crippen MR) is 112 cm³/mol. The lowest BCUT2D eigenvalue weighted by atomic mass is 10.2. The van der Waals surface area contributed by atoms with Gasteiger partial charge < -0.3 is 19.8 Å². The van der Waals surface area contributed by atoms with Gasteiger partial charge in [0.15, 0.2) is 5.76 Å². The number of nitrogens with zero attached hydrogens (tertiary/aromatic N) is 4. The number of fused-ring (bicyclic) bond motifs is 1. The molecule has 0 saturated heterocycles. The molecule has 0 fully saturated rings. The number of carbonyl (C=O) groups is 1. The average Bonchev–Trinajstić information content (AvgIpc) is 3.31. The Labute approximate surface area is 180 Å². The number of pyridine rings is 1. The number of carbonyl (C=O) groups excluding carboxylic acids is 1. The number of hydrogen-bond acceptors (Lipinski definition) is 6. The van der Waals surface area contributed by atoms with Crippen molar-refractivity contribution in [1.29, 1.82) is 0 Å². The second kappa shape index (κ2) is 7.76. The number of furan rings is 1. The molecule has 0 aliphatic carbocycles. The van der Waals surface area contributed by atoms with Gasteiger partial charge in [0.05, 0.1) is 22.5 Å². The average molecular weight is 521 g/mol. The van der Waals surface area contributed by atoms with Gasteiger partial charge in [-0.3, -0.25) is 9.78 Å². The fourth-order valence-corrected chi connectivity index (χ4v) is 3.67. The summed E-state index contributed by atoms with van der Waals surface area (Å²) >= 11 is 6.56. The Kier molecular flexibility index (Phi) is 5.16. The molecule has 11 heteroatoms. The number of amides is 1. The van der Waals surface area contributed by atoms with Crippen LogP contribution in [-0.2, 0) is 6.54 Å². The minimum Gasteiger partial charge on any atom is -0.454 e. The Morgan fingerprint density at radius 2 is 2.03 bits per heavy atom. The number of nitrogens with one attached hydrogen (secondary N) is 1. The molecule has 0 bridgehead atoms. The van der Waals surface area contributed by atoms with Gasteiger partial charge in [-0.25, -0.2) is 0 Å². The molecule has 29 heavy (non-hydrogen) atoms. The molecule has 1 N–H and O–H groups in total. The van der Waals surface area contributed by atoms with E-state index in [0.717, 1.165) is 9.86 Å². The quantitative estimate of drug-likeness (QED) is 0.299. The molecule has 0 aliphatic rings. The Bertz CT molecular complexity index is 1250. The number of anilines is 1. The van der Waals surface area contributed by atoms with Crippen LogP contribution in [0.5, 0.6) is 0 Å². The van der Waals surface area contributed by atoms with Crippen molar-refractivity contribution in [2.75, 3.05) is 5.32 Å². The van der Waals surface area contributed by atoms with Crippen molar-refractivity contribution in [2.45, 2.75) is 6.54 Å². The maximum absolute atomic E-state index is 12.6. The van der Waals surface area contributed by atoms with Crippen LogP contribution >= 0.6 is 31.9 Å². The standard InChI is InChI=1S/C18H11Br2N5O4/c19-12-4-5-14(16-11(12)2-1-7-21-16)22-18(26)15-6-3-10(29-15)8-24-9-13(20)17(23-24)25(27)28/h1-7,9H,8H2,(H,22,26). The van der Waals surface area contributed by atoms with Gasteiger partial charge in [0.1, 0.15) is 16.8 Å². The number of hydrogen-bond donors (Lipinski definition) is 1. The zero-order valence-corrected chi connectivity index (χ0v) is 17.7. The van der Waals surface area contributed by atoms with E-state index in [9.17, 15) is 14.9 Å². The summed E-state index contributed by atoms with van der Waals surface area (Å²) in [5.41, 5.74) is 1.20. The third kappa shape index (κ3) is 3.91. The molecule has 0 saturated carbocycles. The van der Waals surface area contributed by atoms with Crippen molar-refractivity contribution in [1.82, 2.24) is 14.8 Å². The van der Waals surface area contributed by atoms with E-state index in [1.165, 1.54) is 16.9 Å². The van der Waals surface area contributed by atoms with E-state index in [4.69, 9.17) is 4.42 Å². The van der Waals surface area contributed by atoms with Crippen molar-refractivity contribution < 1.29 is 14.1 Å². The molecule has 0 spiro atoms. The van der Waals surface area contributed by atoms with E-state index in [-0.39, 0.29) is 22.6 Å². The zero-order chi connectivity index (χ0) is 20.5. The minimum absolute atomic E-state index is 0.104. The van der Waals surface area contributed by atoms with Crippen LogP contribution in [0, 0.1) is 10.1 Å². The highest BCUT2D eigenvalue weighted by Gasteiger charge is 2.20. The minimum atomic E-state index is -0.585. The Morgan fingerprint density at radius 1 is 1.21 bits per heavy atom. The maximum atomic E-state index is 12.6. The highest BCUT2D eigenvalue weighted by atomic mass is 79.9. The van der Waals surface area contributed by atoms with Crippen molar-refractivity contribution in [3.63, 3.8) is 0 Å². The lowest BCUT2D eigenvalue weighted by molar-refractivity contribution is -0.390. The van der Waals surface area contributed by atoms with E-state index in [1.54, 1.807) is 18.3 Å². The molecule has 0 aliphatic heterocycles. The molecular formula is C18H11Br2N5O4. The molecule has 3 heterocycles. The molecule has 0 atom stereocenters. The van der Waals surface area contributed by atoms with Crippen LogP contribution in [0.2, 0.25) is 0 Å². The van der Waals surface area contributed by atoms with Crippen molar-refractivity contribution >= 4 is 60.2 Å². The fourth-order valence-electron chi connectivity index (χ4n) is 2.76. The number of halogens is 2. The topological polar surface area (TPSA) is 116 Å². The number of nitro groups is 1. The molecule has 9 nitrogen and oxygen atoms in total. The molecule has 0 unspecified atom stereocenters. The first-order chi connectivity index (χ1) is 13.9. The monoisotopic (exact) mass is 519 g/mol. The largest absolute Gasteiger partial charge is 0.454 e. The second-order valence-corrected chi connectivity index (χ2v) is 7.68. The summed E-state index contributed by atoms with van der Waals surface area (Å²) in [6.45, 7) is 0.141. The van der Waals surface area contributed by atoms with E-state index >= 15 is 0 Å². The first-order valence-corrected chi connectivity index (χ1v) is 9.81. The van der Waals surface area contributed by atoms with E-state index in [2.05, 4.69) is 47.3 Å². The summed E-state index contributed by atoms with van der Waals surface area (Å²) in [7, 11) is 0. The van der Waals surface area contributed by atoms with Crippen LogP contribution < -0.4 is 5.32 Å². The summed E-state index contributed by atoms with van der Waals surface area (Å²) in [4.78, 5) is 27.2. The Morgan fingerprint density at radius 3 is 2.79 bits per heavy atom. The molecular weight excluding hydrogens is 510 g/mol. The second-order valence-electron chi connectivity index (χ2n) is 5.97. The van der Waals surface area contributed by atoms with Crippen molar-refractivity contribution in [2.24, 2.45) is 0 Å². The van der Waals surface area contributed by atoms with Crippen molar-refractivity contribution in [3.8, 4) is 0 Å². The predicted octanol–water partition coefficient (Wildman–Crippen LogP) is 4.76. The SMILES string of the molecule is O=C(Nc1ccc(Br)c2cccnc12)c1ccc(Cn2cc(Br)c([N+](=O)[O-])n2)o1. The van der Waals surface area contributed by atoms with Crippen molar-refractivity contribution in [3.05, 3.63) is 79.4 Å². The molecule has 3 aromatic heterocycles. The normalized spacial score (nSPS) is 11.0. The number of rotatable bonds is 5. The van der Waals surface area contributed by atoms with Crippen LogP contribution in [0.3, 0.4) is 0 Å². The lowest BCUT2D eigenvalue weighted by Gasteiger charge is -2.08. The van der Waals surface area contributed by atoms with E-state index in [1.807, 2.05) is 18.2 Å². The first kappa shape index (κ1) is 19.3. The van der Waals surface area contributed by atoms with Gasteiger partial charge in [-0.05, 0) is 51.2 Å². The highest BCUT2D eigenvalue weighted by Crippen LogP contribution is 2.29. The summed E-state index contributed by atoms with van der Waals surface area (Å²) in [5, 5.41) is 18.4. The third-order valence-corrected chi connectivity index (χ3v) is 5.29. The van der Waals surface area contributed by atoms with Crippen LogP contribution in [0.1, 0.15) is 16.3 Å². The highest BCUT2D eigenvalue weighted by molar-refractivity contribution is 9.11. The summed E-state index contributed by atoms with van der Waals surface area (Å²) in [6.07, 6.45) is 3.12. The number of aromatic nitrogens is 3. The van der Waals surface area contributed by atoms with Gasteiger partial charge in [-0.15, -0.1) is 0 Å². The van der Waals surface area contributed by atoms with E-state index < -0.39 is 10.8 Å². The van der Waals surface area contributed by atoms with Crippen LogP contribution in [0.4, 0.5) is 11.5 Å². The fraction of sp³-hybridized carbons (Fsp3) is 0.0556. The zero-order valence-electron chi connectivity index (χ0n) is 14.5.